The fraction of sp³-hybridized carbons (Fsp3) is 0.667. The van der Waals surface area contributed by atoms with Crippen LogP contribution in [0.5, 0.6) is 0 Å². The van der Waals surface area contributed by atoms with E-state index in [9.17, 15) is 0 Å². The van der Waals surface area contributed by atoms with E-state index in [0.29, 0.717) is 18.0 Å². The third-order valence-electron chi connectivity index (χ3n) is 3.40. The van der Waals surface area contributed by atoms with Gasteiger partial charge in [-0.2, -0.15) is 0 Å². The van der Waals surface area contributed by atoms with E-state index in [1.807, 2.05) is 6.07 Å². The van der Waals surface area contributed by atoms with Crippen LogP contribution in [0.2, 0.25) is 0 Å². The van der Waals surface area contributed by atoms with E-state index in [2.05, 4.69) is 24.8 Å². The van der Waals surface area contributed by atoms with Crippen molar-refractivity contribution in [3.63, 3.8) is 0 Å². The summed E-state index contributed by atoms with van der Waals surface area (Å²) < 4.78 is 5.49. The number of nitrogens with zero attached hydrogens (tertiary/aromatic N) is 1. The molecule has 1 fully saturated rings. The average molecular weight is 208 g/mol. The highest BCUT2D eigenvalue weighted by molar-refractivity contribution is 5.06. The molecule has 1 saturated heterocycles. The molecule has 15 heavy (non-hydrogen) atoms. The van der Waals surface area contributed by atoms with Gasteiger partial charge >= 0.3 is 0 Å². The number of hydrogen-bond acceptors (Lipinski definition) is 3. The molecule has 2 heterocycles. The fourth-order valence-electron chi connectivity index (χ4n) is 2.41. The molecule has 2 rings (SSSR count). The second kappa shape index (κ2) is 4.37. The summed E-state index contributed by atoms with van der Waals surface area (Å²) >= 11 is 0. The zero-order valence-corrected chi connectivity index (χ0v) is 9.52. The van der Waals surface area contributed by atoms with Gasteiger partial charge in [-0.1, -0.05) is 13.8 Å². The summed E-state index contributed by atoms with van der Waals surface area (Å²) in [6.45, 7) is 6.49. The Bertz CT molecular complexity index is 287. The van der Waals surface area contributed by atoms with Crippen LogP contribution >= 0.6 is 0 Å². The highest BCUT2D eigenvalue weighted by Crippen LogP contribution is 2.29. The molecule has 1 aromatic heterocycles. The van der Waals surface area contributed by atoms with E-state index in [1.54, 1.807) is 6.26 Å². The molecule has 3 atom stereocenters. The molecule has 0 spiro atoms. The van der Waals surface area contributed by atoms with Crippen LogP contribution in [0, 0.1) is 5.92 Å². The minimum Gasteiger partial charge on any atom is -0.468 e. The van der Waals surface area contributed by atoms with Crippen LogP contribution in [0.1, 0.15) is 32.1 Å². The topological polar surface area (TPSA) is 42.4 Å². The summed E-state index contributed by atoms with van der Waals surface area (Å²) in [5.41, 5.74) is 6.04. The van der Waals surface area contributed by atoms with Crippen molar-refractivity contribution in [2.45, 2.75) is 32.4 Å². The van der Waals surface area contributed by atoms with Crippen LogP contribution in [-0.4, -0.2) is 24.0 Å². The minimum atomic E-state index is 0.314. The molecule has 0 saturated carbocycles. The second-order valence-corrected chi connectivity index (χ2v) is 4.53. The molecule has 3 heteroatoms. The lowest BCUT2D eigenvalue weighted by Crippen LogP contribution is -2.30. The summed E-state index contributed by atoms with van der Waals surface area (Å²) in [5, 5.41) is 0. The molecule has 1 aliphatic rings. The van der Waals surface area contributed by atoms with Crippen LogP contribution in [0.15, 0.2) is 22.8 Å². The van der Waals surface area contributed by atoms with Gasteiger partial charge < -0.3 is 10.2 Å². The first-order valence-corrected chi connectivity index (χ1v) is 5.75. The number of likely N-dealkylation sites (tertiary alicyclic amines) is 1. The van der Waals surface area contributed by atoms with Crippen molar-refractivity contribution >= 4 is 0 Å². The van der Waals surface area contributed by atoms with Crippen molar-refractivity contribution in [2.24, 2.45) is 11.7 Å². The Morgan fingerprint density at radius 1 is 1.60 bits per heavy atom. The summed E-state index contributed by atoms with van der Waals surface area (Å²) in [7, 11) is 0. The molecular weight excluding hydrogens is 188 g/mol. The first-order chi connectivity index (χ1) is 7.22. The summed E-state index contributed by atoms with van der Waals surface area (Å²) in [6.07, 6.45) is 2.82. The van der Waals surface area contributed by atoms with E-state index < -0.39 is 0 Å². The van der Waals surface area contributed by atoms with Crippen molar-refractivity contribution in [3.8, 4) is 0 Å². The maximum atomic E-state index is 6.04. The lowest BCUT2D eigenvalue weighted by atomic mass is 10.1. The third kappa shape index (κ3) is 2.08. The van der Waals surface area contributed by atoms with Gasteiger partial charge in [-0.25, -0.2) is 0 Å². The monoisotopic (exact) mass is 208 g/mol. The predicted octanol–water partition coefficient (Wildman–Crippen LogP) is 2.01. The van der Waals surface area contributed by atoms with Gasteiger partial charge in [0.15, 0.2) is 0 Å². The fourth-order valence-corrected chi connectivity index (χ4v) is 2.41. The van der Waals surface area contributed by atoms with E-state index in [0.717, 1.165) is 25.3 Å². The van der Waals surface area contributed by atoms with Crippen molar-refractivity contribution in [1.82, 2.24) is 4.90 Å². The molecule has 0 aromatic carbocycles. The van der Waals surface area contributed by atoms with E-state index in [-0.39, 0.29) is 0 Å². The standard InChI is InChI=1S/C12H20N2O/c1-3-11(12-5-4-6-15-12)14-7-9(2)10(13)8-14/h4-6,9-11H,3,7-8,13H2,1-2H3. The molecule has 3 unspecified atom stereocenters. The maximum absolute atomic E-state index is 6.04. The summed E-state index contributed by atoms with van der Waals surface area (Å²) in [5.74, 6) is 1.66. The number of rotatable bonds is 3. The Labute approximate surface area is 91.2 Å². The molecule has 0 bridgehead atoms. The Hall–Kier alpha value is -0.800. The SMILES string of the molecule is CCC(c1ccco1)N1CC(C)C(N)C1. The van der Waals surface area contributed by atoms with Gasteiger partial charge in [-0.05, 0) is 24.5 Å². The molecule has 0 amide bonds. The summed E-state index contributed by atoms with van der Waals surface area (Å²) in [4.78, 5) is 2.44. The van der Waals surface area contributed by atoms with Gasteiger partial charge in [0.05, 0.1) is 12.3 Å². The lowest BCUT2D eigenvalue weighted by molar-refractivity contribution is 0.202. The van der Waals surface area contributed by atoms with Crippen LogP contribution in [0.25, 0.3) is 0 Å². The summed E-state index contributed by atoms with van der Waals surface area (Å²) in [6, 6.07) is 4.73. The molecule has 3 nitrogen and oxygen atoms in total. The van der Waals surface area contributed by atoms with Gasteiger partial charge in [-0.15, -0.1) is 0 Å². The van der Waals surface area contributed by atoms with Crippen molar-refractivity contribution in [1.29, 1.82) is 0 Å². The molecule has 0 radical (unpaired) electrons. The van der Waals surface area contributed by atoms with Crippen molar-refractivity contribution in [3.05, 3.63) is 24.2 Å². The van der Waals surface area contributed by atoms with Crippen molar-refractivity contribution in [2.75, 3.05) is 13.1 Å². The number of hydrogen-bond donors (Lipinski definition) is 1. The first kappa shape index (κ1) is 10.7. The molecule has 84 valence electrons. The Morgan fingerprint density at radius 3 is 2.87 bits per heavy atom. The Kier molecular flexibility index (Phi) is 3.12. The van der Waals surface area contributed by atoms with Crippen LogP contribution in [0.3, 0.4) is 0 Å². The first-order valence-electron chi connectivity index (χ1n) is 5.75. The largest absolute Gasteiger partial charge is 0.468 e. The molecule has 1 aromatic rings. The molecule has 0 aliphatic carbocycles. The van der Waals surface area contributed by atoms with E-state index >= 15 is 0 Å². The van der Waals surface area contributed by atoms with Crippen LogP contribution in [-0.2, 0) is 0 Å². The highest BCUT2D eigenvalue weighted by atomic mass is 16.3. The van der Waals surface area contributed by atoms with Crippen molar-refractivity contribution < 1.29 is 4.42 Å². The zero-order chi connectivity index (χ0) is 10.8. The molecule has 2 N–H and O–H groups in total. The van der Waals surface area contributed by atoms with Gasteiger partial charge in [0, 0.05) is 19.1 Å². The third-order valence-corrected chi connectivity index (χ3v) is 3.40. The smallest absolute Gasteiger partial charge is 0.120 e. The lowest BCUT2D eigenvalue weighted by Gasteiger charge is -2.24. The molecule has 1 aliphatic heterocycles. The number of furan rings is 1. The Balaban J connectivity index is 2.08. The minimum absolute atomic E-state index is 0.314. The normalized spacial score (nSPS) is 29.5. The Morgan fingerprint density at radius 2 is 2.40 bits per heavy atom. The van der Waals surface area contributed by atoms with Gasteiger partial charge in [0.25, 0.3) is 0 Å². The number of nitrogens with two attached hydrogens (primary N) is 1. The second-order valence-electron chi connectivity index (χ2n) is 4.53. The van der Waals surface area contributed by atoms with E-state index in [4.69, 9.17) is 10.2 Å². The quantitative estimate of drug-likeness (QED) is 0.826. The van der Waals surface area contributed by atoms with Crippen LogP contribution < -0.4 is 5.73 Å². The maximum Gasteiger partial charge on any atom is 0.120 e. The van der Waals surface area contributed by atoms with Gasteiger partial charge in [0.2, 0.25) is 0 Å². The van der Waals surface area contributed by atoms with Gasteiger partial charge in [0.1, 0.15) is 5.76 Å². The van der Waals surface area contributed by atoms with Crippen LogP contribution in [0.4, 0.5) is 0 Å². The highest BCUT2D eigenvalue weighted by Gasteiger charge is 2.32. The molecular formula is C12H20N2O. The van der Waals surface area contributed by atoms with E-state index in [1.165, 1.54) is 0 Å². The average Bonchev–Trinajstić information content (AvgIpc) is 2.80. The zero-order valence-electron chi connectivity index (χ0n) is 9.52. The predicted molar refractivity (Wildman–Crippen MR) is 60.5 cm³/mol. The van der Waals surface area contributed by atoms with Gasteiger partial charge in [-0.3, -0.25) is 4.90 Å².